The summed E-state index contributed by atoms with van der Waals surface area (Å²) >= 11 is 3.27. The fourth-order valence-electron chi connectivity index (χ4n) is 1.17. The zero-order valence-corrected chi connectivity index (χ0v) is 9.09. The van der Waals surface area contributed by atoms with Gasteiger partial charge in [-0.3, -0.25) is 0 Å². The van der Waals surface area contributed by atoms with Crippen LogP contribution in [-0.4, -0.2) is 10.2 Å². The number of aromatic hydroxyl groups is 2. The Hall–Kier alpha value is -0.740. The molecule has 13 heavy (non-hydrogen) atoms. The van der Waals surface area contributed by atoms with Gasteiger partial charge in [-0.05, 0) is 26.0 Å². The highest BCUT2D eigenvalue weighted by molar-refractivity contribution is 9.10. The van der Waals surface area contributed by atoms with E-state index in [-0.39, 0.29) is 11.5 Å². The van der Waals surface area contributed by atoms with E-state index in [9.17, 15) is 10.2 Å². The van der Waals surface area contributed by atoms with Gasteiger partial charge < -0.3 is 15.9 Å². The van der Waals surface area contributed by atoms with Gasteiger partial charge in [0.2, 0.25) is 0 Å². The Bertz CT molecular complexity index is 331. The minimum atomic E-state index is -0.693. The molecule has 0 saturated heterocycles. The highest BCUT2D eigenvalue weighted by Crippen LogP contribution is 2.39. The van der Waals surface area contributed by atoms with Gasteiger partial charge in [0.15, 0.2) is 11.5 Å². The van der Waals surface area contributed by atoms with Crippen molar-refractivity contribution in [2.45, 2.75) is 19.4 Å². The van der Waals surface area contributed by atoms with Crippen LogP contribution in [0.5, 0.6) is 11.5 Å². The second-order valence-electron chi connectivity index (χ2n) is 3.51. The lowest BCUT2D eigenvalue weighted by Crippen LogP contribution is -2.29. The van der Waals surface area contributed by atoms with Crippen molar-refractivity contribution >= 4 is 15.9 Å². The van der Waals surface area contributed by atoms with Crippen LogP contribution in [-0.2, 0) is 5.54 Å². The van der Waals surface area contributed by atoms with Crippen molar-refractivity contribution in [3.05, 3.63) is 22.2 Å². The number of nitrogens with two attached hydrogens (primary N) is 1. The molecule has 0 aliphatic rings. The van der Waals surface area contributed by atoms with Crippen LogP contribution in [0.3, 0.4) is 0 Å². The lowest BCUT2D eigenvalue weighted by Gasteiger charge is -2.22. The third-order valence-corrected chi connectivity index (χ3v) is 2.41. The summed E-state index contributed by atoms with van der Waals surface area (Å²) in [4.78, 5) is 0. The number of benzene rings is 1. The third-order valence-electron chi connectivity index (χ3n) is 1.75. The molecule has 1 aromatic rings. The van der Waals surface area contributed by atoms with Gasteiger partial charge in [0, 0.05) is 15.6 Å². The summed E-state index contributed by atoms with van der Waals surface area (Å²) in [5.74, 6) is -0.321. The Labute approximate surface area is 85.3 Å². The van der Waals surface area contributed by atoms with Crippen molar-refractivity contribution in [3.8, 4) is 11.5 Å². The van der Waals surface area contributed by atoms with Gasteiger partial charge >= 0.3 is 0 Å². The molecule has 0 fully saturated rings. The predicted octanol–water partition coefficient (Wildman–Crippen LogP) is 2.05. The van der Waals surface area contributed by atoms with Crippen LogP contribution in [0.25, 0.3) is 0 Å². The van der Waals surface area contributed by atoms with Gasteiger partial charge in [0.25, 0.3) is 0 Å². The topological polar surface area (TPSA) is 66.5 Å². The molecule has 0 spiro atoms. The first-order chi connectivity index (χ1) is 5.84. The SMILES string of the molecule is CC(C)(N)c1c(Br)ccc(O)c1O. The summed E-state index contributed by atoms with van der Waals surface area (Å²) in [6, 6.07) is 3.06. The van der Waals surface area contributed by atoms with Gasteiger partial charge in [0.05, 0.1) is 0 Å². The fourth-order valence-corrected chi connectivity index (χ4v) is 2.00. The van der Waals surface area contributed by atoms with Crippen LogP contribution >= 0.6 is 15.9 Å². The van der Waals surface area contributed by atoms with Crippen molar-refractivity contribution < 1.29 is 10.2 Å². The lowest BCUT2D eigenvalue weighted by atomic mass is 9.94. The predicted molar refractivity (Wildman–Crippen MR) is 54.7 cm³/mol. The number of hydrogen-bond donors (Lipinski definition) is 3. The third kappa shape index (κ3) is 1.95. The molecule has 0 bridgehead atoms. The molecule has 1 aromatic carbocycles. The maximum absolute atomic E-state index is 9.55. The van der Waals surface area contributed by atoms with E-state index in [4.69, 9.17) is 5.73 Å². The van der Waals surface area contributed by atoms with Crippen LogP contribution in [0.2, 0.25) is 0 Å². The minimum Gasteiger partial charge on any atom is -0.504 e. The Balaban J connectivity index is 3.43. The standard InChI is InChI=1S/C9H12BrNO2/c1-9(2,11)7-5(10)3-4-6(12)8(7)13/h3-4,12-13H,11H2,1-2H3. The summed E-state index contributed by atoms with van der Waals surface area (Å²) < 4.78 is 0.690. The van der Waals surface area contributed by atoms with Crippen LogP contribution in [0, 0.1) is 0 Å². The largest absolute Gasteiger partial charge is 0.504 e. The monoisotopic (exact) mass is 245 g/mol. The average Bonchev–Trinajstić information content (AvgIpc) is 1.95. The molecule has 0 heterocycles. The van der Waals surface area contributed by atoms with Crippen molar-refractivity contribution in [2.75, 3.05) is 0 Å². The molecule has 0 radical (unpaired) electrons. The summed E-state index contributed by atoms with van der Waals surface area (Å²) in [6.45, 7) is 3.51. The van der Waals surface area contributed by atoms with E-state index in [1.807, 2.05) is 0 Å². The Morgan fingerprint density at radius 3 is 2.23 bits per heavy atom. The van der Waals surface area contributed by atoms with Crippen molar-refractivity contribution in [2.24, 2.45) is 5.73 Å². The molecule has 0 amide bonds. The molecule has 4 heteroatoms. The van der Waals surface area contributed by atoms with Crippen LogP contribution in [0.1, 0.15) is 19.4 Å². The maximum Gasteiger partial charge on any atom is 0.163 e. The normalized spacial score (nSPS) is 11.7. The number of rotatable bonds is 1. The molecule has 0 atom stereocenters. The molecule has 1 rings (SSSR count). The van der Waals surface area contributed by atoms with Crippen molar-refractivity contribution in [3.63, 3.8) is 0 Å². The summed E-state index contributed by atoms with van der Waals surface area (Å²) in [7, 11) is 0. The average molecular weight is 246 g/mol. The van der Waals surface area contributed by atoms with Gasteiger partial charge in [-0.15, -0.1) is 0 Å². The first-order valence-electron chi connectivity index (χ1n) is 3.84. The minimum absolute atomic E-state index is 0.156. The molecule has 0 saturated carbocycles. The molecule has 0 aliphatic heterocycles. The van der Waals surface area contributed by atoms with E-state index in [1.165, 1.54) is 6.07 Å². The van der Waals surface area contributed by atoms with Crippen LogP contribution in [0.4, 0.5) is 0 Å². The lowest BCUT2D eigenvalue weighted by molar-refractivity contribution is 0.385. The number of hydrogen-bond acceptors (Lipinski definition) is 3. The Morgan fingerprint density at radius 2 is 1.85 bits per heavy atom. The molecule has 72 valence electrons. The Morgan fingerprint density at radius 1 is 1.31 bits per heavy atom. The zero-order valence-electron chi connectivity index (χ0n) is 7.50. The van der Waals surface area contributed by atoms with E-state index in [1.54, 1.807) is 19.9 Å². The molecular formula is C9H12BrNO2. The zero-order chi connectivity index (χ0) is 10.2. The van der Waals surface area contributed by atoms with Gasteiger partial charge in [-0.2, -0.15) is 0 Å². The summed E-state index contributed by atoms with van der Waals surface area (Å²) in [5.41, 5.74) is 5.64. The number of halogens is 1. The molecule has 0 unspecified atom stereocenters. The quantitative estimate of drug-likeness (QED) is 0.664. The molecular weight excluding hydrogens is 234 g/mol. The number of phenols is 2. The van der Waals surface area contributed by atoms with E-state index in [0.717, 1.165) is 0 Å². The van der Waals surface area contributed by atoms with E-state index in [0.29, 0.717) is 10.0 Å². The van der Waals surface area contributed by atoms with Gasteiger partial charge in [-0.1, -0.05) is 15.9 Å². The Kier molecular flexibility index (Phi) is 2.54. The van der Waals surface area contributed by atoms with Gasteiger partial charge in [0.1, 0.15) is 0 Å². The van der Waals surface area contributed by atoms with E-state index in [2.05, 4.69) is 15.9 Å². The van der Waals surface area contributed by atoms with Crippen LogP contribution in [0.15, 0.2) is 16.6 Å². The first-order valence-corrected chi connectivity index (χ1v) is 4.63. The van der Waals surface area contributed by atoms with E-state index >= 15 is 0 Å². The number of phenolic OH excluding ortho intramolecular Hbond substituents is 2. The molecule has 0 aliphatic carbocycles. The summed E-state index contributed by atoms with van der Waals surface area (Å²) in [5, 5.41) is 18.8. The first kappa shape index (κ1) is 10.3. The maximum atomic E-state index is 9.55. The second kappa shape index (κ2) is 3.20. The molecule has 4 N–H and O–H groups in total. The van der Waals surface area contributed by atoms with Crippen molar-refractivity contribution in [1.82, 2.24) is 0 Å². The smallest absolute Gasteiger partial charge is 0.163 e. The van der Waals surface area contributed by atoms with Gasteiger partial charge in [-0.25, -0.2) is 0 Å². The fraction of sp³-hybridized carbons (Fsp3) is 0.333. The molecule has 0 aromatic heterocycles. The highest BCUT2D eigenvalue weighted by atomic mass is 79.9. The van der Waals surface area contributed by atoms with Crippen molar-refractivity contribution in [1.29, 1.82) is 0 Å². The summed E-state index contributed by atoms with van der Waals surface area (Å²) in [6.07, 6.45) is 0. The van der Waals surface area contributed by atoms with E-state index < -0.39 is 5.54 Å². The molecule has 3 nitrogen and oxygen atoms in total. The highest BCUT2D eigenvalue weighted by Gasteiger charge is 2.23. The second-order valence-corrected chi connectivity index (χ2v) is 4.37. The van der Waals surface area contributed by atoms with Crippen LogP contribution < -0.4 is 5.73 Å².